The molecule has 2 heterocycles. The zero-order valence-electron chi connectivity index (χ0n) is 18.9. The molecule has 0 atom stereocenters. The maximum absolute atomic E-state index is 14.3. The van der Waals surface area contributed by atoms with Crippen LogP contribution in [0.5, 0.6) is 11.8 Å². The third-order valence-electron chi connectivity index (χ3n) is 5.64. The number of fused-ring (bicyclic) bond motifs is 1. The number of allylic oxidation sites excluding steroid dienone is 2. The van der Waals surface area contributed by atoms with E-state index in [0.717, 1.165) is 35.6 Å². The fourth-order valence-corrected chi connectivity index (χ4v) is 3.72. The molecule has 4 rings (SSSR count). The summed E-state index contributed by atoms with van der Waals surface area (Å²) < 4.78 is 30.7. The number of benzene rings is 1. The Balaban J connectivity index is 1.57. The zero-order valence-corrected chi connectivity index (χ0v) is 18.9. The van der Waals surface area contributed by atoms with Crippen LogP contribution in [0.15, 0.2) is 33.5 Å². The van der Waals surface area contributed by atoms with Crippen LogP contribution in [-0.4, -0.2) is 34.9 Å². The van der Waals surface area contributed by atoms with Crippen molar-refractivity contribution in [3.63, 3.8) is 0 Å². The molecule has 174 valence electrons. The van der Waals surface area contributed by atoms with Gasteiger partial charge >= 0.3 is 6.08 Å². The van der Waals surface area contributed by atoms with E-state index in [-0.39, 0.29) is 34.8 Å². The summed E-state index contributed by atoms with van der Waals surface area (Å²) in [7, 11) is 2.83. The van der Waals surface area contributed by atoms with E-state index in [1.165, 1.54) is 26.4 Å². The van der Waals surface area contributed by atoms with Crippen molar-refractivity contribution < 1.29 is 23.1 Å². The predicted octanol–water partition coefficient (Wildman–Crippen LogP) is 3.77. The standard InChI is InChI=1S/C23H25FN4O5/c1-23(2)7-5-13(6-8-23)20-17(31-3)11-19(30)28(27-20)12-18(29)25-14-9-15(24)21-16(10-14)26-22(32-4)33-21/h5,9-11H,6-8,12H2,1-4H3,(H,25,29). The van der Waals surface area contributed by atoms with Gasteiger partial charge in [0.15, 0.2) is 17.1 Å². The maximum atomic E-state index is 14.3. The van der Waals surface area contributed by atoms with Crippen molar-refractivity contribution in [3.05, 3.63) is 46.1 Å². The van der Waals surface area contributed by atoms with Crippen molar-refractivity contribution in [1.82, 2.24) is 14.8 Å². The number of halogens is 1. The number of rotatable bonds is 6. The topological polar surface area (TPSA) is 108 Å². The molecule has 9 nitrogen and oxygen atoms in total. The summed E-state index contributed by atoms with van der Waals surface area (Å²) in [5.41, 5.74) is 1.53. The first-order valence-electron chi connectivity index (χ1n) is 10.5. The van der Waals surface area contributed by atoms with E-state index < -0.39 is 17.3 Å². The largest absolute Gasteiger partial charge is 0.494 e. The SMILES string of the molecule is COc1nc2cc(NC(=O)Cn3nc(C4=CCC(C)(C)CC4)c(OC)cc3=O)cc(F)c2o1. The normalized spacial score (nSPS) is 15.2. The second kappa shape index (κ2) is 8.68. The summed E-state index contributed by atoms with van der Waals surface area (Å²) in [4.78, 5) is 29.1. The molecule has 0 spiro atoms. The molecular weight excluding hydrogens is 431 g/mol. The summed E-state index contributed by atoms with van der Waals surface area (Å²) >= 11 is 0. The molecule has 1 N–H and O–H groups in total. The number of carbonyl (C=O) groups excluding carboxylic acids is 1. The highest BCUT2D eigenvalue weighted by molar-refractivity contribution is 5.92. The zero-order chi connectivity index (χ0) is 23.8. The smallest absolute Gasteiger partial charge is 0.394 e. The van der Waals surface area contributed by atoms with Crippen LogP contribution < -0.4 is 20.3 Å². The third kappa shape index (κ3) is 4.74. The average Bonchev–Trinajstić information content (AvgIpc) is 3.19. The summed E-state index contributed by atoms with van der Waals surface area (Å²) in [6, 6.07) is 3.88. The molecule has 3 aromatic rings. The number of hydrogen-bond acceptors (Lipinski definition) is 7. The van der Waals surface area contributed by atoms with E-state index in [0.29, 0.717) is 11.4 Å². The number of amides is 1. The number of carbonyl (C=O) groups is 1. The molecule has 1 aliphatic carbocycles. The molecule has 1 amide bonds. The Labute approximate surface area is 189 Å². The van der Waals surface area contributed by atoms with Crippen molar-refractivity contribution in [1.29, 1.82) is 0 Å². The van der Waals surface area contributed by atoms with Gasteiger partial charge < -0.3 is 19.2 Å². The summed E-state index contributed by atoms with van der Waals surface area (Å²) in [6.07, 6.45) is 4.67. The van der Waals surface area contributed by atoms with Gasteiger partial charge in [0.1, 0.15) is 17.8 Å². The number of aromatic nitrogens is 3. The predicted molar refractivity (Wildman–Crippen MR) is 120 cm³/mol. The summed E-state index contributed by atoms with van der Waals surface area (Å²) in [5, 5.41) is 6.98. The Morgan fingerprint density at radius 3 is 2.73 bits per heavy atom. The minimum absolute atomic E-state index is 0.0773. The maximum Gasteiger partial charge on any atom is 0.394 e. The van der Waals surface area contributed by atoms with Gasteiger partial charge in [0, 0.05) is 17.8 Å². The van der Waals surface area contributed by atoms with E-state index >= 15 is 0 Å². The minimum Gasteiger partial charge on any atom is -0.494 e. The van der Waals surface area contributed by atoms with Crippen LogP contribution in [-0.2, 0) is 11.3 Å². The van der Waals surface area contributed by atoms with E-state index in [4.69, 9.17) is 13.9 Å². The van der Waals surface area contributed by atoms with Crippen molar-refractivity contribution in [3.8, 4) is 11.8 Å². The molecule has 33 heavy (non-hydrogen) atoms. The molecule has 2 aromatic heterocycles. The fourth-order valence-electron chi connectivity index (χ4n) is 3.72. The molecule has 1 aliphatic rings. The minimum atomic E-state index is -0.701. The lowest BCUT2D eigenvalue weighted by Gasteiger charge is -2.28. The Hall–Kier alpha value is -3.69. The van der Waals surface area contributed by atoms with E-state index in [9.17, 15) is 14.0 Å². The van der Waals surface area contributed by atoms with Gasteiger partial charge in [-0.3, -0.25) is 9.59 Å². The Morgan fingerprint density at radius 1 is 1.27 bits per heavy atom. The number of oxazole rings is 1. The molecule has 0 radical (unpaired) electrons. The highest BCUT2D eigenvalue weighted by Crippen LogP contribution is 2.39. The molecule has 0 unspecified atom stereocenters. The highest BCUT2D eigenvalue weighted by atomic mass is 19.1. The average molecular weight is 456 g/mol. The van der Waals surface area contributed by atoms with Crippen LogP contribution in [0.3, 0.4) is 0 Å². The van der Waals surface area contributed by atoms with Gasteiger partial charge in [-0.25, -0.2) is 9.07 Å². The van der Waals surface area contributed by atoms with E-state index in [1.54, 1.807) is 0 Å². The Bertz CT molecular complexity index is 1310. The lowest BCUT2D eigenvalue weighted by molar-refractivity contribution is -0.117. The van der Waals surface area contributed by atoms with Gasteiger partial charge in [0.2, 0.25) is 5.91 Å². The highest BCUT2D eigenvalue weighted by Gasteiger charge is 2.25. The number of ether oxygens (including phenoxy) is 2. The monoisotopic (exact) mass is 456 g/mol. The number of nitrogens with zero attached hydrogens (tertiary/aromatic N) is 3. The molecule has 0 saturated carbocycles. The lowest BCUT2D eigenvalue weighted by Crippen LogP contribution is -2.30. The number of nitrogens with one attached hydrogen (secondary N) is 1. The van der Waals surface area contributed by atoms with Crippen molar-refractivity contribution in [2.24, 2.45) is 5.41 Å². The summed E-state index contributed by atoms with van der Waals surface area (Å²) in [6.45, 7) is 4.05. The lowest BCUT2D eigenvalue weighted by atomic mass is 9.78. The number of methoxy groups -OCH3 is 2. The van der Waals surface area contributed by atoms with Gasteiger partial charge in [-0.05, 0) is 36.3 Å². The molecule has 0 saturated heterocycles. The van der Waals surface area contributed by atoms with Gasteiger partial charge in [0.25, 0.3) is 5.56 Å². The van der Waals surface area contributed by atoms with Crippen LogP contribution >= 0.6 is 0 Å². The fraction of sp³-hybridized carbons (Fsp3) is 0.391. The molecule has 0 bridgehead atoms. The van der Waals surface area contributed by atoms with E-state index in [2.05, 4.69) is 35.3 Å². The molecule has 1 aromatic carbocycles. The number of hydrogen-bond donors (Lipinski definition) is 1. The molecule has 0 fully saturated rings. The first kappa shape index (κ1) is 22.5. The second-order valence-corrected chi connectivity index (χ2v) is 8.69. The third-order valence-corrected chi connectivity index (χ3v) is 5.64. The quantitative estimate of drug-likeness (QED) is 0.601. The van der Waals surface area contributed by atoms with Crippen molar-refractivity contribution in [2.75, 3.05) is 19.5 Å². The van der Waals surface area contributed by atoms with Crippen LogP contribution in [0.4, 0.5) is 10.1 Å². The molecule has 0 aliphatic heterocycles. The van der Waals surface area contributed by atoms with Crippen molar-refractivity contribution >= 4 is 28.3 Å². The van der Waals surface area contributed by atoms with E-state index in [1.807, 2.05) is 0 Å². The van der Waals surface area contributed by atoms with Gasteiger partial charge in [-0.2, -0.15) is 10.1 Å². The molecular formula is C23H25FN4O5. The first-order chi connectivity index (χ1) is 15.7. The van der Waals surface area contributed by atoms with Gasteiger partial charge in [0.05, 0.1) is 14.2 Å². The van der Waals surface area contributed by atoms with Crippen LogP contribution in [0, 0.1) is 11.2 Å². The number of anilines is 1. The Morgan fingerprint density at radius 2 is 2.06 bits per heavy atom. The van der Waals surface area contributed by atoms with Crippen molar-refractivity contribution in [2.45, 2.75) is 39.7 Å². The molecule has 10 heteroatoms. The Kier molecular flexibility index (Phi) is 5.92. The second-order valence-electron chi connectivity index (χ2n) is 8.69. The van der Waals surface area contributed by atoms with Crippen LogP contribution in [0.2, 0.25) is 0 Å². The van der Waals surface area contributed by atoms with Crippen LogP contribution in [0.25, 0.3) is 16.7 Å². The first-order valence-corrected chi connectivity index (χ1v) is 10.5. The van der Waals surface area contributed by atoms with Gasteiger partial charge in [-0.1, -0.05) is 19.9 Å². The van der Waals surface area contributed by atoms with Gasteiger partial charge in [-0.15, -0.1) is 0 Å². The summed E-state index contributed by atoms with van der Waals surface area (Å²) in [5.74, 6) is -0.878. The van der Waals surface area contributed by atoms with Crippen LogP contribution in [0.1, 0.15) is 38.8 Å².